The van der Waals surface area contributed by atoms with Crippen molar-refractivity contribution in [2.45, 2.75) is 6.04 Å². The SMILES string of the molecule is COc1cc(F)ccc1C1CN(c2nc(-c3ccncc3)cc(=O)n2C)CCN1.Cl. The maximum atomic E-state index is 13.6. The highest BCUT2D eigenvalue weighted by Gasteiger charge is 2.26. The summed E-state index contributed by atoms with van der Waals surface area (Å²) in [6, 6.07) is 9.65. The first kappa shape index (κ1) is 21.7. The van der Waals surface area contributed by atoms with Crippen LogP contribution in [0.15, 0.2) is 53.6 Å². The molecule has 0 radical (unpaired) electrons. The third-order valence-corrected chi connectivity index (χ3v) is 5.12. The van der Waals surface area contributed by atoms with Gasteiger partial charge in [-0.2, -0.15) is 0 Å². The lowest BCUT2D eigenvalue weighted by atomic mass is 10.0. The zero-order valence-electron chi connectivity index (χ0n) is 16.7. The molecule has 0 aliphatic carbocycles. The number of nitrogens with zero attached hydrogens (tertiary/aromatic N) is 4. The fourth-order valence-corrected chi connectivity index (χ4v) is 3.59. The summed E-state index contributed by atoms with van der Waals surface area (Å²) < 4.78 is 20.5. The molecule has 0 saturated carbocycles. The second-order valence-corrected chi connectivity index (χ2v) is 6.91. The summed E-state index contributed by atoms with van der Waals surface area (Å²) in [5.74, 6) is 0.751. The average molecular weight is 432 g/mol. The van der Waals surface area contributed by atoms with E-state index in [-0.39, 0.29) is 29.8 Å². The first-order valence-corrected chi connectivity index (χ1v) is 9.37. The Hall–Kier alpha value is -2.97. The van der Waals surface area contributed by atoms with Crippen LogP contribution in [0.25, 0.3) is 11.3 Å². The molecule has 2 aromatic heterocycles. The zero-order chi connectivity index (χ0) is 20.4. The lowest BCUT2D eigenvalue weighted by Gasteiger charge is -2.35. The Labute approximate surface area is 180 Å². The van der Waals surface area contributed by atoms with E-state index >= 15 is 0 Å². The predicted octanol–water partition coefficient (Wildman–Crippen LogP) is 2.56. The molecule has 1 unspecified atom stereocenters. The van der Waals surface area contributed by atoms with Crippen molar-refractivity contribution in [3.63, 3.8) is 0 Å². The van der Waals surface area contributed by atoms with Crippen molar-refractivity contribution in [1.29, 1.82) is 0 Å². The van der Waals surface area contributed by atoms with Crippen LogP contribution in [0, 0.1) is 5.82 Å². The fourth-order valence-electron chi connectivity index (χ4n) is 3.59. The van der Waals surface area contributed by atoms with Gasteiger partial charge in [-0.15, -0.1) is 12.4 Å². The van der Waals surface area contributed by atoms with Crippen LogP contribution in [-0.2, 0) is 7.05 Å². The quantitative estimate of drug-likeness (QED) is 0.684. The average Bonchev–Trinajstić information content (AvgIpc) is 2.76. The number of methoxy groups -OCH3 is 1. The topological polar surface area (TPSA) is 72.3 Å². The molecule has 0 spiro atoms. The van der Waals surface area contributed by atoms with Crippen molar-refractivity contribution in [2.24, 2.45) is 7.05 Å². The number of hydrogen-bond donors (Lipinski definition) is 1. The number of rotatable bonds is 4. The molecule has 30 heavy (non-hydrogen) atoms. The largest absolute Gasteiger partial charge is 0.496 e. The summed E-state index contributed by atoms with van der Waals surface area (Å²) in [4.78, 5) is 23.4. The van der Waals surface area contributed by atoms with Crippen LogP contribution in [0.3, 0.4) is 0 Å². The van der Waals surface area contributed by atoms with Crippen molar-refractivity contribution in [3.05, 3.63) is 70.5 Å². The van der Waals surface area contributed by atoms with Crippen molar-refractivity contribution in [2.75, 3.05) is 31.6 Å². The fraction of sp³-hybridized carbons (Fsp3) is 0.286. The molecular weight excluding hydrogens is 409 g/mol. The summed E-state index contributed by atoms with van der Waals surface area (Å²) in [6.07, 6.45) is 3.35. The van der Waals surface area contributed by atoms with E-state index in [2.05, 4.69) is 15.2 Å². The second kappa shape index (κ2) is 9.23. The molecule has 1 fully saturated rings. The van der Waals surface area contributed by atoms with Gasteiger partial charge in [-0.05, 0) is 18.2 Å². The molecule has 4 rings (SSSR count). The molecule has 3 aromatic rings. The van der Waals surface area contributed by atoms with Crippen molar-refractivity contribution >= 4 is 18.4 Å². The number of halogens is 2. The number of hydrogen-bond acceptors (Lipinski definition) is 6. The molecule has 1 N–H and O–H groups in total. The van der Waals surface area contributed by atoms with Crippen LogP contribution in [0.4, 0.5) is 10.3 Å². The van der Waals surface area contributed by atoms with Crippen molar-refractivity contribution in [3.8, 4) is 17.0 Å². The third-order valence-electron chi connectivity index (χ3n) is 5.12. The van der Waals surface area contributed by atoms with Gasteiger partial charge in [0.15, 0.2) is 0 Å². The van der Waals surface area contributed by atoms with E-state index in [1.165, 1.54) is 25.3 Å². The highest BCUT2D eigenvalue weighted by Crippen LogP contribution is 2.29. The highest BCUT2D eigenvalue weighted by atomic mass is 35.5. The molecular formula is C21H23ClFN5O2. The number of anilines is 1. The maximum absolute atomic E-state index is 13.6. The Balaban J connectivity index is 0.00000256. The first-order valence-electron chi connectivity index (χ1n) is 9.37. The van der Waals surface area contributed by atoms with Gasteiger partial charge in [-0.1, -0.05) is 6.07 Å². The van der Waals surface area contributed by atoms with Crippen molar-refractivity contribution in [1.82, 2.24) is 19.9 Å². The van der Waals surface area contributed by atoms with Gasteiger partial charge in [0.25, 0.3) is 5.56 Å². The highest BCUT2D eigenvalue weighted by molar-refractivity contribution is 5.85. The number of piperazine rings is 1. The summed E-state index contributed by atoms with van der Waals surface area (Å²) in [7, 11) is 3.25. The number of aromatic nitrogens is 3. The smallest absolute Gasteiger partial charge is 0.255 e. The molecule has 9 heteroatoms. The maximum Gasteiger partial charge on any atom is 0.255 e. The van der Waals surface area contributed by atoms with Gasteiger partial charge in [-0.25, -0.2) is 9.37 Å². The monoisotopic (exact) mass is 431 g/mol. The Morgan fingerprint density at radius 3 is 2.70 bits per heavy atom. The molecule has 1 aromatic carbocycles. The van der Waals surface area contributed by atoms with Gasteiger partial charge >= 0.3 is 0 Å². The van der Waals surface area contributed by atoms with Crippen LogP contribution in [0.5, 0.6) is 5.75 Å². The molecule has 1 aliphatic heterocycles. The van der Waals surface area contributed by atoms with E-state index in [9.17, 15) is 9.18 Å². The molecule has 0 bridgehead atoms. The first-order chi connectivity index (χ1) is 14.1. The molecule has 7 nitrogen and oxygen atoms in total. The summed E-state index contributed by atoms with van der Waals surface area (Å²) in [5, 5.41) is 3.44. The Kier molecular flexibility index (Phi) is 6.69. The molecule has 1 aliphatic rings. The second-order valence-electron chi connectivity index (χ2n) is 6.91. The van der Waals surface area contributed by atoms with E-state index in [1.54, 1.807) is 30.1 Å². The van der Waals surface area contributed by atoms with Crippen LogP contribution < -0.4 is 20.5 Å². The Bertz CT molecular complexity index is 1080. The zero-order valence-corrected chi connectivity index (χ0v) is 17.5. The number of nitrogens with one attached hydrogen (secondary N) is 1. The summed E-state index contributed by atoms with van der Waals surface area (Å²) in [5.41, 5.74) is 2.19. The minimum absolute atomic E-state index is 0. The molecule has 1 saturated heterocycles. The summed E-state index contributed by atoms with van der Waals surface area (Å²) >= 11 is 0. The van der Waals surface area contributed by atoms with Crippen LogP contribution >= 0.6 is 12.4 Å². The normalized spacial score (nSPS) is 16.1. The lowest BCUT2D eigenvalue weighted by Crippen LogP contribution is -2.47. The molecule has 0 amide bonds. The van der Waals surface area contributed by atoms with Gasteiger partial charge in [0.2, 0.25) is 5.95 Å². The number of pyridine rings is 1. The van der Waals surface area contributed by atoms with Gasteiger partial charge in [0.05, 0.1) is 18.8 Å². The van der Waals surface area contributed by atoms with Gasteiger partial charge in [-0.3, -0.25) is 14.3 Å². The van der Waals surface area contributed by atoms with Crippen LogP contribution in [0.2, 0.25) is 0 Å². The lowest BCUT2D eigenvalue weighted by molar-refractivity contribution is 0.387. The third kappa shape index (κ3) is 4.29. The molecule has 158 valence electrons. The minimum Gasteiger partial charge on any atom is -0.496 e. The van der Waals surface area contributed by atoms with E-state index in [4.69, 9.17) is 9.72 Å². The van der Waals surface area contributed by atoms with Crippen molar-refractivity contribution < 1.29 is 9.13 Å². The van der Waals surface area contributed by atoms with Crippen LogP contribution in [-0.4, -0.2) is 41.3 Å². The van der Waals surface area contributed by atoms with Gasteiger partial charge in [0.1, 0.15) is 11.6 Å². The predicted molar refractivity (Wildman–Crippen MR) is 116 cm³/mol. The van der Waals surface area contributed by atoms with E-state index in [0.717, 1.165) is 11.1 Å². The minimum atomic E-state index is -0.340. The van der Waals surface area contributed by atoms with E-state index in [0.29, 0.717) is 37.0 Å². The molecule has 1 atom stereocenters. The standard InChI is InChI=1S/C21H22FN5O2.ClH/c1-26-20(28)12-17(14-5-7-23-8-6-14)25-21(26)27-10-9-24-18(13-27)16-4-3-15(22)11-19(16)29-2;/h3-8,11-12,18,24H,9-10,13H2,1-2H3;1H. The van der Waals surface area contributed by atoms with E-state index in [1.807, 2.05) is 12.1 Å². The number of benzene rings is 1. The van der Waals surface area contributed by atoms with E-state index < -0.39 is 0 Å². The molecule has 3 heterocycles. The van der Waals surface area contributed by atoms with Crippen LogP contribution in [0.1, 0.15) is 11.6 Å². The Morgan fingerprint density at radius 2 is 1.97 bits per heavy atom. The van der Waals surface area contributed by atoms with Gasteiger partial charge < -0.3 is 15.0 Å². The Morgan fingerprint density at radius 1 is 1.20 bits per heavy atom. The van der Waals surface area contributed by atoms with Gasteiger partial charge in [0, 0.05) is 62.3 Å². The summed E-state index contributed by atoms with van der Waals surface area (Å²) in [6.45, 7) is 1.96. The number of ether oxygens (including phenoxy) is 1.